The molecular formula is C5H12N2S. The highest BCUT2D eigenvalue weighted by Gasteiger charge is 2.13. The zero-order chi connectivity index (χ0) is 5.98. The lowest BCUT2D eigenvalue weighted by Crippen LogP contribution is -2.40. The van der Waals surface area contributed by atoms with Gasteiger partial charge >= 0.3 is 0 Å². The molecule has 0 amide bonds. The number of hydrogen-bond acceptors (Lipinski definition) is 3. The minimum Gasteiger partial charge on any atom is -0.307 e. The van der Waals surface area contributed by atoms with E-state index in [1.165, 1.54) is 6.42 Å². The van der Waals surface area contributed by atoms with Crippen LogP contribution in [0.2, 0.25) is 0 Å². The van der Waals surface area contributed by atoms with Crippen molar-refractivity contribution in [3.05, 3.63) is 0 Å². The van der Waals surface area contributed by atoms with Gasteiger partial charge in [-0.25, -0.2) is 0 Å². The van der Waals surface area contributed by atoms with Crippen LogP contribution in [-0.2, 0) is 0 Å². The summed E-state index contributed by atoms with van der Waals surface area (Å²) in [5, 5.41) is 3.89. The monoisotopic (exact) mass is 132 g/mol. The number of thioether (sulfide) groups is 1. The van der Waals surface area contributed by atoms with Crippen LogP contribution in [0.5, 0.6) is 0 Å². The van der Waals surface area contributed by atoms with Crippen molar-refractivity contribution in [3.63, 3.8) is 0 Å². The second-order valence-corrected chi connectivity index (χ2v) is 3.69. The first-order chi connectivity index (χ1) is 3.79. The van der Waals surface area contributed by atoms with Gasteiger partial charge in [0.1, 0.15) is 5.50 Å². The van der Waals surface area contributed by atoms with Gasteiger partial charge in [-0.15, -0.1) is 11.8 Å². The zero-order valence-corrected chi connectivity index (χ0v) is 5.87. The Labute approximate surface area is 54.2 Å². The fourth-order valence-electron chi connectivity index (χ4n) is 0.795. The van der Waals surface area contributed by atoms with Crippen LogP contribution in [0.15, 0.2) is 0 Å². The highest BCUT2D eigenvalue weighted by Crippen LogP contribution is 2.18. The molecule has 2 nitrogen and oxygen atoms in total. The van der Waals surface area contributed by atoms with Crippen molar-refractivity contribution in [2.45, 2.75) is 24.1 Å². The minimum atomic E-state index is 0.179. The van der Waals surface area contributed by atoms with E-state index in [1.54, 1.807) is 0 Å². The van der Waals surface area contributed by atoms with E-state index in [2.05, 4.69) is 12.2 Å². The molecule has 3 heteroatoms. The maximum Gasteiger partial charge on any atom is 0.103 e. The predicted octanol–water partition coefficient (Wildman–Crippen LogP) is 0.344. The summed E-state index contributed by atoms with van der Waals surface area (Å²) >= 11 is 1.81. The van der Waals surface area contributed by atoms with Gasteiger partial charge in [0, 0.05) is 5.25 Å². The third-order valence-electron chi connectivity index (χ3n) is 1.28. The minimum absolute atomic E-state index is 0.179. The highest BCUT2D eigenvalue weighted by molar-refractivity contribution is 8.00. The summed E-state index contributed by atoms with van der Waals surface area (Å²) in [5.41, 5.74) is 5.76. The topological polar surface area (TPSA) is 38.0 Å². The van der Waals surface area contributed by atoms with Crippen LogP contribution in [0.4, 0.5) is 0 Å². The molecule has 1 saturated heterocycles. The Kier molecular flexibility index (Phi) is 2.16. The zero-order valence-electron chi connectivity index (χ0n) is 5.05. The molecule has 1 fully saturated rings. The summed E-state index contributed by atoms with van der Waals surface area (Å²) < 4.78 is 0. The van der Waals surface area contributed by atoms with Crippen LogP contribution < -0.4 is 11.1 Å². The van der Waals surface area contributed by atoms with E-state index in [1.807, 2.05) is 11.8 Å². The van der Waals surface area contributed by atoms with Crippen LogP contribution >= 0.6 is 11.8 Å². The van der Waals surface area contributed by atoms with Gasteiger partial charge in [0.25, 0.3) is 0 Å². The lowest BCUT2D eigenvalue weighted by Gasteiger charge is -2.23. The summed E-state index contributed by atoms with van der Waals surface area (Å²) in [6, 6.07) is 0. The Balaban J connectivity index is 2.23. The van der Waals surface area contributed by atoms with E-state index in [0.717, 1.165) is 11.8 Å². The molecule has 0 aromatic carbocycles. The lowest BCUT2D eigenvalue weighted by molar-refractivity contribution is 0.600. The number of nitrogens with two attached hydrogens (primary N) is 1. The van der Waals surface area contributed by atoms with Crippen LogP contribution in [0.3, 0.4) is 0 Å². The van der Waals surface area contributed by atoms with E-state index in [4.69, 9.17) is 5.73 Å². The van der Waals surface area contributed by atoms with Gasteiger partial charge in [0.2, 0.25) is 0 Å². The van der Waals surface area contributed by atoms with Gasteiger partial charge in [-0.3, -0.25) is 5.32 Å². The summed E-state index contributed by atoms with van der Waals surface area (Å²) in [6.07, 6.45) is 1.25. The average Bonchev–Trinajstić information content (AvgIpc) is 1.64. The van der Waals surface area contributed by atoms with Gasteiger partial charge < -0.3 is 5.73 Å². The van der Waals surface area contributed by atoms with Crippen molar-refractivity contribution in [1.82, 2.24) is 5.32 Å². The van der Waals surface area contributed by atoms with E-state index < -0.39 is 0 Å². The predicted molar refractivity (Wildman–Crippen MR) is 37.6 cm³/mol. The lowest BCUT2D eigenvalue weighted by atomic mass is 10.3. The summed E-state index contributed by atoms with van der Waals surface area (Å²) in [4.78, 5) is 0. The van der Waals surface area contributed by atoms with Gasteiger partial charge in [-0.1, -0.05) is 6.92 Å². The Bertz CT molecular complexity index is 68.8. The molecule has 3 N–H and O–H groups in total. The molecule has 8 heavy (non-hydrogen) atoms. The van der Waals surface area contributed by atoms with Gasteiger partial charge in [-0.05, 0) is 13.0 Å². The maximum atomic E-state index is 5.58. The summed E-state index contributed by atoms with van der Waals surface area (Å²) in [5.74, 6) is 0. The molecule has 48 valence electrons. The summed E-state index contributed by atoms with van der Waals surface area (Å²) in [6.45, 7) is 3.29. The van der Waals surface area contributed by atoms with E-state index in [9.17, 15) is 0 Å². The van der Waals surface area contributed by atoms with Gasteiger partial charge in [-0.2, -0.15) is 0 Å². The van der Waals surface area contributed by atoms with Gasteiger partial charge in [0.15, 0.2) is 0 Å². The molecule has 0 bridgehead atoms. The van der Waals surface area contributed by atoms with Gasteiger partial charge in [0.05, 0.1) is 0 Å². The van der Waals surface area contributed by atoms with Crippen molar-refractivity contribution in [1.29, 1.82) is 0 Å². The molecule has 0 aliphatic carbocycles. The van der Waals surface area contributed by atoms with Crippen LogP contribution in [0.25, 0.3) is 0 Å². The quantitative estimate of drug-likeness (QED) is 0.499. The molecule has 2 unspecified atom stereocenters. The normalized spacial score (nSPS) is 39.8. The van der Waals surface area contributed by atoms with Crippen LogP contribution in [0, 0.1) is 0 Å². The van der Waals surface area contributed by atoms with Crippen molar-refractivity contribution in [3.8, 4) is 0 Å². The number of nitrogens with one attached hydrogen (secondary N) is 1. The Morgan fingerprint density at radius 1 is 1.75 bits per heavy atom. The molecule has 0 aromatic heterocycles. The van der Waals surface area contributed by atoms with Crippen LogP contribution in [-0.4, -0.2) is 17.3 Å². The summed E-state index contributed by atoms with van der Waals surface area (Å²) in [7, 11) is 0. The first-order valence-electron chi connectivity index (χ1n) is 2.93. The molecule has 1 rings (SSSR count). The number of rotatable bonds is 0. The Hall–Kier alpha value is 0.270. The molecule has 2 atom stereocenters. The molecule has 0 saturated carbocycles. The third-order valence-corrected chi connectivity index (χ3v) is 2.44. The maximum absolute atomic E-state index is 5.58. The second-order valence-electron chi connectivity index (χ2n) is 2.11. The Morgan fingerprint density at radius 2 is 2.50 bits per heavy atom. The Morgan fingerprint density at radius 3 is 2.88 bits per heavy atom. The largest absolute Gasteiger partial charge is 0.307 e. The molecule has 1 aliphatic rings. The van der Waals surface area contributed by atoms with Crippen molar-refractivity contribution < 1.29 is 0 Å². The highest BCUT2D eigenvalue weighted by atomic mass is 32.2. The van der Waals surface area contributed by atoms with E-state index in [-0.39, 0.29) is 5.50 Å². The molecule has 1 aliphatic heterocycles. The van der Waals surface area contributed by atoms with Crippen LogP contribution in [0.1, 0.15) is 13.3 Å². The average molecular weight is 132 g/mol. The van der Waals surface area contributed by atoms with Crippen molar-refractivity contribution in [2.24, 2.45) is 5.73 Å². The third kappa shape index (κ3) is 1.65. The number of hydrogen-bond donors (Lipinski definition) is 2. The molecule has 1 heterocycles. The molecule has 0 radical (unpaired) electrons. The molecule has 0 spiro atoms. The standard InChI is InChI=1S/C5H12N2S/c1-4-2-3-7-5(6)8-4/h4-5,7H,2-3,6H2,1H3. The van der Waals surface area contributed by atoms with E-state index >= 15 is 0 Å². The first-order valence-corrected chi connectivity index (χ1v) is 3.88. The smallest absolute Gasteiger partial charge is 0.103 e. The fourth-order valence-corrected chi connectivity index (χ4v) is 1.76. The van der Waals surface area contributed by atoms with Crippen molar-refractivity contribution >= 4 is 11.8 Å². The van der Waals surface area contributed by atoms with Crippen molar-refractivity contribution in [2.75, 3.05) is 6.54 Å². The molecular weight excluding hydrogens is 120 g/mol. The fraction of sp³-hybridized carbons (Fsp3) is 1.00. The SMILES string of the molecule is CC1CCNC(N)S1. The van der Waals surface area contributed by atoms with E-state index in [0.29, 0.717) is 0 Å². The first kappa shape index (κ1) is 6.39. The second kappa shape index (κ2) is 2.71. The molecule has 0 aromatic rings.